The van der Waals surface area contributed by atoms with Gasteiger partial charge in [0.15, 0.2) is 30.4 Å². The number of aliphatic hydroxyl groups excluding tert-OH is 8. The molecule has 8 fully saturated rings. The second kappa shape index (κ2) is 21.3. The first-order chi connectivity index (χ1) is 37.3. The molecule has 3 saturated heterocycles. The van der Waals surface area contributed by atoms with Crippen LogP contribution in [0, 0.1) is 56.2 Å². The maximum absolute atomic E-state index is 13.9. The standard InChI is InChI=1S/C58H84O21/c1-53(2)22-30-29-11-12-37-55(5)16-15-38(78-51-48(44(65)42(63)34(24-59)75-51)79-50-46(67)43(64)35(26-74-50)76-49-45(66)41(62)31(60)25-73-49)54(3,4)36(55)14-17-56(37,6)58(29)21-28(58)20-57(30,52(68)69)23-39(53)77-40(61)13-10-27-18-32(70-7)47(72-9)33(19-27)71-8/h10-11,13,18-19,28,30-31,34-39,41-46,48-51,59-60,62-67H,12,14-17,20-26H2,1-9H3,(H,68,69). The third kappa shape index (κ3) is 9.45. The van der Waals surface area contributed by atoms with Crippen LogP contribution in [0.1, 0.15) is 105 Å². The maximum atomic E-state index is 13.9. The number of ether oxygens (including phenoxy) is 10. The number of carboxylic acid groups (broad SMARTS) is 1. The number of carboxylic acids is 1. The lowest BCUT2D eigenvalue weighted by Crippen LogP contribution is -2.66. The van der Waals surface area contributed by atoms with Crippen LogP contribution in [0.15, 0.2) is 29.9 Å². The van der Waals surface area contributed by atoms with Gasteiger partial charge >= 0.3 is 11.9 Å². The van der Waals surface area contributed by atoms with Crippen LogP contribution in [0.5, 0.6) is 17.2 Å². The van der Waals surface area contributed by atoms with Crippen LogP contribution in [0.4, 0.5) is 0 Å². The molecule has 442 valence electrons. The Hall–Kier alpha value is -3.52. The van der Waals surface area contributed by atoms with Gasteiger partial charge < -0.3 is 93.3 Å². The number of carbonyl (C=O) groups excluding carboxylic acids is 1. The molecule has 6 aliphatic carbocycles. The van der Waals surface area contributed by atoms with E-state index in [1.807, 2.05) is 0 Å². The molecule has 21 heteroatoms. The third-order valence-corrected chi connectivity index (χ3v) is 21.4. The molecule has 79 heavy (non-hydrogen) atoms. The minimum Gasteiger partial charge on any atom is -0.493 e. The Kier molecular flexibility index (Phi) is 15.8. The van der Waals surface area contributed by atoms with Crippen molar-refractivity contribution in [1.29, 1.82) is 0 Å². The smallest absolute Gasteiger partial charge is 0.331 e. The lowest BCUT2D eigenvalue weighted by Gasteiger charge is -2.69. The zero-order valence-corrected chi connectivity index (χ0v) is 46.8. The quantitative estimate of drug-likeness (QED) is 0.0560. The topological polar surface area (TPSA) is 309 Å². The molecule has 21 nitrogen and oxygen atoms in total. The van der Waals surface area contributed by atoms with Crippen LogP contribution < -0.4 is 14.2 Å². The van der Waals surface area contributed by atoms with E-state index in [1.54, 1.807) is 18.2 Å². The van der Waals surface area contributed by atoms with Gasteiger partial charge in [0.1, 0.15) is 67.1 Å². The Bertz CT molecular complexity index is 2470. The van der Waals surface area contributed by atoms with E-state index in [2.05, 4.69) is 47.6 Å². The second-order valence-corrected chi connectivity index (χ2v) is 26.1. The van der Waals surface area contributed by atoms with Crippen molar-refractivity contribution >= 4 is 18.0 Å². The number of carbonyl (C=O) groups is 2. The average Bonchev–Trinajstić information content (AvgIpc) is 3.08. The summed E-state index contributed by atoms with van der Waals surface area (Å²) < 4.78 is 58.6. The molecule has 1 spiro atoms. The lowest BCUT2D eigenvalue weighted by atomic mass is 9.36. The second-order valence-electron chi connectivity index (χ2n) is 26.1. The zero-order chi connectivity index (χ0) is 57.1. The van der Waals surface area contributed by atoms with Gasteiger partial charge in [-0.05, 0) is 115 Å². The largest absolute Gasteiger partial charge is 0.493 e. The first-order valence-electron chi connectivity index (χ1n) is 28.1. The molecule has 0 radical (unpaired) electrons. The van der Waals surface area contributed by atoms with Gasteiger partial charge in [-0.25, -0.2) is 4.79 Å². The van der Waals surface area contributed by atoms with Crippen LogP contribution in [0.25, 0.3) is 6.08 Å². The number of esters is 1. The molecule has 1 aromatic rings. The van der Waals surface area contributed by atoms with Crippen molar-refractivity contribution in [3.8, 4) is 17.2 Å². The fraction of sp³-hybridized carbons (Fsp3) is 0.793. The van der Waals surface area contributed by atoms with Crippen molar-refractivity contribution in [3.05, 3.63) is 35.4 Å². The number of hydrogen-bond donors (Lipinski definition) is 9. The summed E-state index contributed by atoms with van der Waals surface area (Å²) in [7, 11) is 4.55. The van der Waals surface area contributed by atoms with E-state index in [0.29, 0.717) is 42.1 Å². The van der Waals surface area contributed by atoms with Crippen molar-refractivity contribution < 1.29 is 103 Å². The Morgan fingerprint density at radius 2 is 1.38 bits per heavy atom. The Morgan fingerprint density at radius 3 is 2.04 bits per heavy atom. The van der Waals surface area contributed by atoms with E-state index in [4.69, 9.17) is 47.4 Å². The number of rotatable bonds is 14. The van der Waals surface area contributed by atoms with Crippen LogP contribution in [-0.4, -0.2) is 191 Å². The molecule has 23 unspecified atom stereocenters. The monoisotopic (exact) mass is 1120 g/mol. The summed E-state index contributed by atoms with van der Waals surface area (Å²) in [5, 5.41) is 97.1. The molecule has 10 rings (SSSR count). The number of aliphatic carboxylic acids is 1. The predicted molar refractivity (Wildman–Crippen MR) is 277 cm³/mol. The van der Waals surface area contributed by atoms with Crippen LogP contribution in [-0.2, 0) is 42.7 Å². The predicted octanol–water partition coefficient (Wildman–Crippen LogP) is 2.86. The lowest BCUT2D eigenvalue weighted by molar-refractivity contribution is -0.377. The molecule has 5 saturated carbocycles. The first kappa shape index (κ1) is 58.7. The van der Waals surface area contributed by atoms with E-state index >= 15 is 0 Å². The highest BCUT2D eigenvalue weighted by Gasteiger charge is 2.79. The van der Waals surface area contributed by atoms with Gasteiger partial charge in [-0.15, -0.1) is 0 Å². The number of allylic oxidation sites excluding steroid dienone is 2. The normalized spacial score (nSPS) is 46.7. The molecule has 3 aliphatic heterocycles. The van der Waals surface area contributed by atoms with Gasteiger partial charge in [0.25, 0.3) is 0 Å². The number of fused-ring (bicyclic) bond motifs is 5. The molecule has 1 aromatic carbocycles. The molecule has 23 atom stereocenters. The molecule has 0 amide bonds. The number of aliphatic hydroxyl groups is 8. The van der Waals surface area contributed by atoms with Gasteiger partial charge in [-0.1, -0.05) is 53.2 Å². The van der Waals surface area contributed by atoms with E-state index in [9.17, 15) is 55.5 Å². The van der Waals surface area contributed by atoms with E-state index in [1.165, 1.54) is 33.0 Å². The molecular weight excluding hydrogens is 1030 g/mol. The maximum Gasteiger partial charge on any atom is 0.331 e. The Morgan fingerprint density at radius 1 is 0.709 bits per heavy atom. The fourth-order valence-electron chi connectivity index (χ4n) is 17.1. The van der Waals surface area contributed by atoms with Crippen molar-refractivity contribution in [3.63, 3.8) is 0 Å². The molecule has 9 aliphatic rings. The van der Waals surface area contributed by atoms with Crippen molar-refractivity contribution in [2.45, 2.75) is 191 Å². The summed E-state index contributed by atoms with van der Waals surface area (Å²) in [6.07, 6.45) is -9.35. The van der Waals surface area contributed by atoms with Gasteiger partial charge in [0, 0.05) is 23.3 Å². The highest BCUT2D eigenvalue weighted by atomic mass is 16.8. The summed E-state index contributed by atoms with van der Waals surface area (Å²) >= 11 is 0. The summed E-state index contributed by atoms with van der Waals surface area (Å²) in [6.45, 7) is 12.0. The molecular formula is C58H84O21. The summed E-state index contributed by atoms with van der Waals surface area (Å²) in [5.41, 5.74) is -0.684. The van der Waals surface area contributed by atoms with Gasteiger partial charge in [0.2, 0.25) is 5.75 Å². The summed E-state index contributed by atoms with van der Waals surface area (Å²) in [4.78, 5) is 27.5. The van der Waals surface area contributed by atoms with Crippen LogP contribution >= 0.6 is 0 Å². The minimum atomic E-state index is -1.79. The molecule has 9 N–H and O–H groups in total. The number of benzene rings is 1. The minimum absolute atomic E-state index is 0.130. The highest BCUT2D eigenvalue weighted by Crippen LogP contribution is 2.85. The van der Waals surface area contributed by atoms with E-state index < -0.39 is 134 Å². The van der Waals surface area contributed by atoms with Crippen molar-refractivity contribution in [2.24, 2.45) is 56.2 Å². The molecule has 3 heterocycles. The van der Waals surface area contributed by atoms with E-state index in [0.717, 1.165) is 32.1 Å². The Labute approximate surface area is 461 Å². The van der Waals surface area contributed by atoms with Crippen LogP contribution in [0.2, 0.25) is 0 Å². The molecule has 0 aromatic heterocycles. The van der Waals surface area contributed by atoms with Gasteiger partial charge in [-0.3, -0.25) is 4.79 Å². The first-order valence-corrected chi connectivity index (χ1v) is 28.1. The fourth-order valence-corrected chi connectivity index (χ4v) is 17.1. The number of methoxy groups -OCH3 is 3. The van der Waals surface area contributed by atoms with Crippen molar-refractivity contribution in [1.82, 2.24) is 0 Å². The molecule has 0 bridgehead atoms. The Balaban J connectivity index is 0.840. The zero-order valence-electron chi connectivity index (χ0n) is 46.8. The van der Waals surface area contributed by atoms with Gasteiger partial charge in [-0.2, -0.15) is 0 Å². The summed E-state index contributed by atoms with van der Waals surface area (Å²) in [6, 6.07) is 3.45. The van der Waals surface area contributed by atoms with Gasteiger partial charge in [0.05, 0.1) is 52.7 Å². The average molecular weight is 1120 g/mol. The third-order valence-electron chi connectivity index (χ3n) is 21.4. The summed E-state index contributed by atoms with van der Waals surface area (Å²) in [5.74, 6) is 0.217. The van der Waals surface area contributed by atoms with Crippen LogP contribution in [0.3, 0.4) is 0 Å². The SMILES string of the molecule is COc1cc(C=CC(=O)OC2CC3(C(=O)O)CC4CC45C(=CCC4C6(C)CCC(OC7OC(CO)C(O)C(O)C7OC7OCC(OC8OCC(O)C(O)C8O)C(O)C7O)C(C)(C)C6CCC45C)C3CC2(C)C)cc(OC)c1OC. The highest BCUT2D eigenvalue weighted by molar-refractivity contribution is 5.87. The van der Waals surface area contributed by atoms with Crippen molar-refractivity contribution in [2.75, 3.05) is 41.2 Å². The van der Waals surface area contributed by atoms with E-state index in [-0.39, 0.29) is 52.9 Å². The number of hydrogen-bond acceptors (Lipinski definition) is 20.